The van der Waals surface area contributed by atoms with Crippen LogP contribution in [0.1, 0.15) is 18.1 Å². The van der Waals surface area contributed by atoms with Crippen LogP contribution in [0.25, 0.3) is 0 Å². The van der Waals surface area contributed by atoms with Crippen LogP contribution in [0.5, 0.6) is 0 Å². The third-order valence-electron chi connectivity index (χ3n) is 2.47. The van der Waals surface area contributed by atoms with E-state index in [1.807, 2.05) is 6.08 Å². The lowest BCUT2D eigenvalue weighted by Crippen LogP contribution is -2.21. The summed E-state index contributed by atoms with van der Waals surface area (Å²) in [5.74, 6) is 0. The van der Waals surface area contributed by atoms with E-state index in [1.54, 1.807) is 0 Å². The molecule has 0 aliphatic carbocycles. The third-order valence-corrected chi connectivity index (χ3v) is 2.47. The molecular formula is C12H17B. The Balaban J connectivity index is 3.10. The van der Waals surface area contributed by atoms with Gasteiger partial charge in [-0.05, 0) is 18.4 Å². The van der Waals surface area contributed by atoms with Gasteiger partial charge in [-0.15, -0.1) is 6.58 Å². The van der Waals surface area contributed by atoms with Crippen LogP contribution in [0, 0.1) is 0 Å². The molecule has 0 amide bonds. The first kappa shape index (κ1) is 10.1. The topological polar surface area (TPSA) is 0 Å². The van der Waals surface area contributed by atoms with Crippen LogP contribution >= 0.6 is 0 Å². The molecule has 0 unspecified atom stereocenters. The normalized spacial score (nSPS) is 9.69. The summed E-state index contributed by atoms with van der Waals surface area (Å²) in [6.07, 6.45) is 4.11. The molecule has 0 radical (unpaired) electrons. The van der Waals surface area contributed by atoms with Crippen molar-refractivity contribution in [1.82, 2.24) is 0 Å². The highest BCUT2D eigenvalue weighted by Crippen LogP contribution is 2.04. The van der Waals surface area contributed by atoms with E-state index < -0.39 is 0 Å². The Morgan fingerprint density at radius 1 is 1.38 bits per heavy atom. The second-order valence-electron chi connectivity index (χ2n) is 3.25. The molecule has 0 bridgehead atoms. The SMILES string of the molecule is C=CCc1cccc(CC)c1BC. The van der Waals surface area contributed by atoms with Crippen LogP contribution in [-0.2, 0) is 12.8 Å². The summed E-state index contributed by atoms with van der Waals surface area (Å²) in [5.41, 5.74) is 4.45. The molecule has 0 fully saturated rings. The van der Waals surface area contributed by atoms with Gasteiger partial charge in [0.15, 0.2) is 7.28 Å². The van der Waals surface area contributed by atoms with Gasteiger partial charge in [0.1, 0.15) is 0 Å². The van der Waals surface area contributed by atoms with Gasteiger partial charge in [-0.3, -0.25) is 0 Å². The van der Waals surface area contributed by atoms with Crippen molar-refractivity contribution in [2.24, 2.45) is 0 Å². The number of hydrogen-bond donors (Lipinski definition) is 0. The first-order valence-corrected chi connectivity index (χ1v) is 5.04. The fourth-order valence-corrected chi connectivity index (χ4v) is 1.82. The van der Waals surface area contributed by atoms with E-state index >= 15 is 0 Å². The second-order valence-corrected chi connectivity index (χ2v) is 3.25. The summed E-state index contributed by atoms with van der Waals surface area (Å²) < 4.78 is 0. The highest BCUT2D eigenvalue weighted by atomic mass is 14.0. The summed E-state index contributed by atoms with van der Waals surface area (Å²) in [7, 11) is 1.13. The average molecular weight is 172 g/mol. The maximum Gasteiger partial charge on any atom is 0.155 e. The largest absolute Gasteiger partial charge is 0.155 e. The van der Waals surface area contributed by atoms with Gasteiger partial charge in [0.05, 0.1) is 0 Å². The summed E-state index contributed by atoms with van der Waals surface area (Å²) in [4.78, 5) is 0. The molecule has 0 aliphatic heterocycles. The molecule has 0 heterocycles. The molecule has 0 spiro atoms. The van der Waals surface area contributed by atoms with Crippen molar-refractivity contribution in [3.8, 4) is 0 Å². The van der Waals surface area contributed by atoms with Gasteiger partial charge >= 0.3 is 0 Å². The van der Waals surface area contributed by atoms with E-state index in [9.17, 15) is 0 Å². The molecule has 0 saturated carbocycles. The predicted octanol–water partition coefficient (Wildman–Crippen LogP) is 2.09. The Morgan fingerprint density at radius 2 is 2.08 bits per heavy atom. The van der Waals surface area contributed by atoms with Crippen molar-refractivity contribution in [3.05, 3.63) is 42.0 Å². The first-order valence-electron chi connectivity index (χ1n) is 5.04. The third kappa shape index (κ3) is 2.24. The Labute approximate surface area is 81.9 Å². The van der Waals surface area contributed by atoms with Crippen LogP contribution in [0.15, 0.2) is 30.9 Å². The molecule has 1 heteroatoms. The molecule has 0 atom stereocenters. The van der Waals surface area contributed by atoms with Crippen LogP contribution in [-0.4, -0.2) is 7.28 Å². The Hall–Kier alpha value is -0.975. The van der Waals surface area contributed by atoms with E-state index in [0.29, 0.717) is 0 Å². The minimum atomic E-state index is 0.997. The second kappa shape index (κ2) is 4.91. The molecule has 68 valence electrons. The zero-order valence-corrected chi connectivity index (χ0v) is 8.64. The van der Waals surface area contributed by atoms with Crippen LogP contribution in [0.2, 0.25) is 6.82 Å². The molecule has 1 rings (SSSR count). The average Bonchev–Trinajstić information content (AvgIpc) is 2.18. The van der Waals surface area contributed by atoms with Gasteiger partial charge in [0.2, 0.25) is 0 Å². The van der Waals surface area contributed by atoms with Gasteiger partial charge in [0, 0.05) is 0 Å². The molecular weight excluding hydrogens is 155 g/mol. The molecule has 1 aromatic rings. The molecule has 0 saturated heterocycles. The quantitative estimate of drug-likeness (QED) is 0.481. The highest BCUT2D eigenvalue weighted by Gasteiger charge is 2.03. The summed E-state index contributed by atoms with van der Waals surface area (Å²) >= 11 is 0. The van der Waals surface area contributed by atoms with Crippen LogP contribution in [0.3, 0.4) is 0 Å². The highest BCUT2D eigenvalue weighted by molar-refractivity contribution is 6.53. The van der Waals surface area contributed by atoms with E-state index in [4.69, 9.17) is 0 Å². The minimum Gasteiger partial charge on any atom is -0.103 e. The smallest absolute Gasteiger partial charge is 0.103 e. The maximum absolute atomic E-state index is 3.79. The summed E-state index contributed by atoms with van der Waals surface area (Å²) in [5, 5.41) is 0. The number of rotatable bonds is 4. The monoisotopic (exact) mass is 172 g/mol. The molecule has 0 aliphatic rings. The summed E-state index contributed by atoms with van der Waals surface area (Å²) in [6, 6.07) is 6.59. The van der Waals surface area contributed by atoms with Gasteiger partial charge in [0.25, 0.3) is 0 Å². The summed E-state index contributed by atoms with van der Waals surface area (Å²) in [6.45, 7) is 8.22. The lowest BCUT2D eigenvalue weighted by atomic mass is 9.67. The maximum atomic E-state index is 3.79. The van der Waals surface area contributed by atoms with Crippen LogP contribution < -0.4 is 5.46 Å². The molecule has 0 N–H and O–H groups in total. The van der Waals surface area contributed by atoms with Crippen molar-refractivity contribution in [1.29, 1.82) is 0 Å². The zero-order valence-electron chi connectivity index (χ0n) is 8.64. The lowest BCUT2D eigenvalue weighted by molar-refractivity contribution is 1.14. The van der Waals surface area contributed by atoms with E-state index in [0.717, 1.165) is 20.1 Å². The number of allylic oxidation sites excluding steroid dienone is 1. The zero-order chi connectivity index (χ0) is 9.68. The lowest BCUT2D eigenvalue weighted by Gasteiger charge is -2.10. The number of benzene rings is 1. The van der Waals surface area contributed by atoms with Crippen molar-refractivity contribution < 1.29 is 0 Å². The number of hydrogen-bond acceptors (Lipinski definition) is 0. The van der Waals surface area contributed by atoms with E-state index in [1.165, 1.54) is 16.6 Å². The molecule has 1 aromatic carbocycles. The van der Waals surface area contributed by atoms with Crippen molar-refractivity contribution in [3.63, 3.8) is 0 Å². The fourth-order valence-electron chi connectivity index (χ4n) is 1.82. The van der Waals surface area contributed by atoms with E-state index in [2.05, 4.69) is 38.5 Å². The Morgan fingerprint density at radius 3 is 2.62 bits per heavy atom. The molecule has 0 aromatic heterocycles. The Kier molecular flexibility index (Phi) is 3.82. The fraction of sp³-hybridized carbons (Fsp3) is 0.333. The Bertz CT molecular complexity index is 289. The van der Waals surface area contributed by atoms with Crippen molar-refractivity contribution >= 4 is 12.7 Å². The van der Waals surface area contributed by atoms with Gasteiger partial charge in [-0.2, -0.15) is 0 Å². The first-order chi connectivity index (χ1) is 6.33. The van der Waals surface area contributed by atoms with Crippen molar-refractivity contribution in [2.75, 3.05) is 0 Å². The van der Waals surface area contributed by atoms with Crippen LogP contribution in [0.4, 0.5) is 0 Å². The van der Waals surface area contributed by atoms with Gasteiger partial charge in [-0.1, -0.05) is 49.0 Å². The predicted molar refractivity (Wildman–Crippen MR) is 62.4 cm³/mol. The molecule has 13 heavy (non-hydrogen) atoms. The van der Waals surface area contributed by atoms with Gasteiger partial charge < -0.3 is 0 Å². The van der Waals surface area contributed by atoms with Crippen molar-refractivity contribution in [2.45, 2.75) is 26.6 Å². The standard InChI is InChI=1S/C12H17B/c1-4-7-11-9-6-8-10(5-2)12(11)13-3/h4,6,8-9,13H,1,5,7H2,2-3H3. The molecule has 0 nitrogen and oxygen atoms in total. The van der Waals surface area contributed by atoms with E-state index in [-0.39, 0.29) is 0 Å². The minimum absolute atomic E-state index is 0.997. The van der Waals surface area contributed by atoms with Gasteiger partial charge in [-0.25, -0.2) is 0 Å². The number of aryl methyl sites for hydroxylation is 1.